The highest BCUT2D eigenvalue weighted by atomic mass is 32.1. The molecule has 0 radical (unpaired) electrons. The maximum atomic E-state index is 11.5. The molecule has 1 aromatic rings. The van der Waals surface area contributed by atoms with E-state index in [1.165, 1.54) is 0 Å². The predicted octanol–water partition coefficient (Wildman–Crippen LogP) is 2.32. The summed E-state index contributed by atoms with van der Waals surface area (Å²) < 4.78 is 0.484. The Balaban J connectivity index is 2.92. The second-order valence-corrected chi connectivity index (χ2v) is 3.89. The van der Waals surface area contributed by atoms with Crippen molar-refractivity contribution in [3.05, 3.63) is 14.7 Å². The number of hydrogen-bond donors (Lipinski definition) is 1. The lowest BCUT2D eigenvalue weighted by atomic mass is 10.1. The van der Waals surface area contributed by atoms with E-state index in [1.54, 1.807) is 0 Å². The molecule has 0 aromatic heterocycles. The molecule has 0 saturated heterocycles. The first-order chi connectivity index (χ1) is 7.17. The molecule has 0 aliphatic heterocycles. The van der Waals surface area contributed by atoms with Crippen LogP contribution in [0, 0.1) is 4.51 Å². The van der Waals surface area contributed by atoms with Crippen LogP contribution in [0.2, 0.25) is 0 Å². The number of nitrogens with zero attached hydrogens (tertiary/aromatic N) is 1. The molecule has 0 spiro atoms. The largest absolute Gasteiger partial charge is 0.380 e. The van der Waals surface area contributed by atoms with Gasteiger partial charge in [-0.15, -0.1) is 0 Å². The lowest BCUT2D eigenvalue weighted by Gasteiger charge is -2.26. The molecular formula is C11H18N2OS. The molecule has 0 aliphatic rings. The van der Waals surface area contributed by atoms with Crippen LogP contribution in [0.3, 0.4) is 0 Å². The molecule has 0 aliphatic carbocycles. The Morgan fingerprint density at radius 2 is 1.87 bits per heavy atom. The Bertz CT molecular complexity index is 389. The molecule has 0 fully saturated rings. The monoisotopic (exact) mass is 226 g/mol. The lowest BCUT2D eigenvalue weighted by Crippen LogP contribution is -2.31. The van der Waals surface area contributed by atoms with Crippen LogP contribution in [0.15, 0.2) is 4.79 Å². The van der Waals surface area contributed by atoms with Crippen LogP contribution in [0.1, 0.15) is 27.2 Å². The van der Waals surface area contributed by atoms with Crippen LogP contribution < -0.4 is 15.6 Å². The zero-order valence-corrected chi connectivity index (χ0v) is 10.4. The summed E-state index contributed by atoms with van der Waals surface area (Å²) in [6.07, 6.45) is 1.01. The Hall–Kier alpha value is -0.900. The van der Waals surface area contributed by atoms with Crippen LogP contribution in [0.25, 0.3) is 0 Å². The van der Waals surface area contributed by atoms with Crippen molar-refractivity contribution >= 4 is 23.6 Å². The zero-order chi connectivity index (χ0) is 11.4. The average Bonchev–Trinajstić information content (AvgIpc) is 2.27. The third kappa shape index (κ3) is 2.20. The first-order valence-electron chi connectivity index (χ1n) is 5.49. The standard InChI is InChI=1S/C11H18N2OS/c1-4-7-12-8-9(11(15)10(8)14)13(5-2)6-3/h12H,4-7H2,1-3H3. The van der Waals surface area contributed by atoms with Gasteiger partial charge in [0.15, 0.2) is 0 Å². The minimum absolute atomic E-state index is 0.000324. The molecule has 1 aromatic carbocycles. The molecule has 1 N–H and O–H groups in total. The van der Waals surface area contributed by atoms with Crippen molar-refractivity contribution in [1.82, 2.24) is 0 Å². The highest BCUT2D eigenvalue weighted by Crippen LogP contribution is 2.27. The van der Waals surface area contributed by atoms with Crippen LogP contribution in [0.5, 0.6) is 0 Å². The third-order valence-electron chi connectivity index (χ3n) is 2.52. The molecule has 0 atom stereocenters. The fourth-order valence-corrected chi connectivity index (χ4v) is 1.97. The SMILES string of the molecule is CCCNc1c(N(CC)CC)c(=S)c1=O. The van der Waals surface area contributed by atoms with Gasteiger partial charge in [-0.25, -0.2) is 0 Å². The summed E-state index contributed by atoms with van der Waals surface area (Å²) in [6, 6.07) is 0. The second kappa shape index (κ2) is 5.26. The fraction of sp³-hybridized carbons (Fsp3) is 0.636. The van der Waals surface area contributed by atoms with Gasteiger partial charge < -0.3 is 10.2 Å². The predicted molar refractivity (Wildman–Crippen MR) is 68.3 cm³/mol. The second-order valence-electron chi connectivity index (χ2n) is 3.48. The summed E-state index contributed by atoms with van der Waals surface area (Å²) >= 11 is 5.07. The molecular weight excluding hydrogens is 208 g/mol. The summed E-state index contributed by atoms with van der Waals surface area (Å²) in [5.74, 6) is 0. The van der Waals surface area contributed by atoms with E-state index in [1.807, 2.05) is 0 Å². The van der Waals surface area contributed by atoms with Crippen molar-refractivity contribution in [3.8, 4) is 0 Å². The van der Waals surface area contributed by atoms with Crippen molar-refractivity contribution in [2.24, 2.45) is 0 Å². The molecule has 1 rings (SSSR count). The Kier molecular flexibility index (Phi) is 4.27. The fourth-order valence-electron chi connectivity index (χ4n) is 1.64. The smallest absolute Gasteiger partial charge is 0.223 e. The first kappa shape index (κ1) is 12.2. The van der Waals surface area contributed by atoms with Crippen molar-refractivity contribution in [2.45, 2.75) is 27.2 Å². The van der Waals surface area contributed by atoms with Crippen LogP contribution in [0.4, 0.5) is 11.4 Å². The normalized spacial score (nSPS) is 10.6. The van der Waals surface area contributed by atoms with Gasteiger partial charge in [0.25, 0.3) is 0 Å². The molecule has 3 nitrogen and oxygen atoms in total. The zero-order valence-electron chi connectivity index (χ0n) is 9.59. The van der Waals surface area contributed by atoms with Crippen molar-refractivity contribution < 1.29 is 0 Å². The summed E-state index contributed by atoms with van der Waals surface area (Å²) in [6.45, 7) is 8.81. The van der Waals surface area contributed by atoms with Gasteiger partial charge >= 0.3 is 0 Å². The van der Waals surface area contributed by atoms with E-state index in [0.717, 1.165) is 31.7 Å². The van der Waals surface area contributed by atoms with E-state index >= 15 is 0 Å². The Morgan fingerprint density at radius 3 is 2.33 bits per heavy atom. The number of anilines is 2. The Morgan fingerprint density at radius 1 is 1.27 bits per heavy atom. The number of rotatable bonds is 6. The maximum Gasteiger partial charge on any atom is 0.223 e. The van der Waals surface area contributed by atoms with Gasteiger partial charge in [0.1, 0.15) is 10.2 Å². The quantitative estimate of drug-likeness (QED) is 0.755. The van der Waals surface area contributed by atoms with Gasteiger partial charge in [0.2, 0.25) is 5.43 Å². The Labute approximate surface area is 95.8 Å². The first-order valence-corrected chi connectivity index (χ1v) is 5.90. The highest BCUT2D eigenvalue weighted by molar-refractivity contribution is 7.71. The molecule has 0 unspecified atom stereocenters. The van der Waals surface area contributed by atoms with E-state index in [2.05, 4.69) is 31.0 Å². The summed E-state index contributed by atoms with van der Waals surface area (Å²) in [5.41, 5.74) is 1.65. The van der Waals surface area contributed by atoms with Crippen LogP contribution >= 0.6 is 12.2 Å². The van der Waals surface area contributed by atoms with E-state index in [4.69, 9.17) is 12.2 Å². The molecule has 0 bridgehead atoms. The van der Waals surface area contributed by atoms with Gasteiger partial charge in [-0.3, -0.25) is 4.79 Å². The van der Waals surface area contributed by atoms with Gasteiger partial charge in [0, 0.05) is 19.6 Å². The molecule has 0 saturated carbocycles. The third-order valence-corrected chi connectivity index (χ3v) is 2.90. The number of nitrogens with one attached hydrogen (secondary N) is 1. The summed E-state index contributed by atoms with van der Waals surface area (Å²) in [5, 5.41) is 3.15. The van der Waals surface area contributed by atoms with Gasteiger partial charge in [-0.05, 0) is 20.3 Å². The molecule has 84 valence electrons. The minimum Gasteiger partial charge on any atom is -0.380 e. The van der Waals surface area contributed by atoms with Gasteiger partial charge in [-0.2, -0.15) is 0 Å². The van der Waals surface area contributed by atoms with E-state index in [9.17, 15) is 4.79 Å². The summed E-state index contributed by atoms with van der Waals surface area (Å²) in [7, 11) is 0. The van der Waals surface area contributed by atoms with E-state index in [0.29, 0.717) is 10.2 Å². The van der Waals surface area contributed by atoms with Crippen molar-refractivity contribution in [1.29, 1.82) is 0 Å². The molecule has 0 heterocycles. The molecule has 0 amide bonds. The van der Waals surface area contributed by atoms with Crippen molar-refractivity contribution in [2.75, 3.05) is 29.9 Å². The van der Waals surface area contributed by atoms with Gasteiger partial charge in [-0.1, -0.05) is 19.1 Å². The van der Waals surface area contributed by atoms with Crippen molar-refractivity contribution in [3.63, 3.8) is 0 Å². The maximum absolute atomic E-state index is 11.5. The average molecular weight is 226 g/mol. The lowest BCUT2D eigenvalue weighted by molar-refractivity contribution is 0.856. The minimum atomic E-state index is 0.000324. The summed E-state index contributed by atoms with van der Waals surface area (Å²) in [4.78, 5) is 13.7. The number of hydrogen-bond acceptors (Lipinski definition) is 4. The topological polar surface area (TPSA) is 32.3 Å². The molecule has 4 heteroatoms. The van der Waals surface area contributed by atoms with Crippen LogP contribution in [-0.2, 0) is 0 Å². The van der Waals surface area contributed by atoms with E-state index in [-0.39, 0.29) is 5.43 Å². The molecule has 15 heavy (non-hydrogen) atoms. The van der Waals surface area contributed by atoms with Gasteiger partial charge in [0.05, 0.1) is 5.69 Å². The van der Waals surface area contributed by atoms with Crippen LogP contribution in [-0.4, -0.2) is 19.6 Å². The highest BCUT2D eigenvalue weighted by Gasteiger charge is 2.20. The van der Waals surface area contributed by atoms with E-state index < -0.39 is 0 Å².